The third kappa shape index (κ3) is 5.85. The lowest BCUT2D eigenvalue weighted by Crippen LogP contribution is -2.20. The fraction of sp³-hybridized carbons (Fsp3) is 0.136. The first-order valence-electron chi connectivity index (χ1n) is 8.84. The van der Waals surface area contributed by atoms with Gasteiger partial charge >= 0.3 is 0 Å². The first kappa shape index (κ1) is 18.9. The highest BCUT2D eigenvalue weighted by Gasteiger charge is 2.00. The van der Waals surface area contributed by atoms with Crippen LogP contribution in [0.15, 0.2) is 73.1 Å². The summed E-state index contributed by atoms with van der Waals surface area (Å²) in [6.07, 6.45) is 6.91. The fourth-order valence-electron chi connectivity index (χ4n) is 2.55. The molecule has 0 aliphatic rings. The molecule has 0 bridgehead atoms. The van der Waals surface area contributed by atoms with Crippen molar-refractivity contribution in [2.75, 3.05) is 6.61 Å². The third-order valence-electron chi connectivity index (χ3n) is 4.00. The van der Waals surface area contributed by atoms with E-state index in [9.17, 15) is 4.79 Å². The van der Waals surface area contributed by atoms with Gasteiger partial charge in [-0.3, -0.25) is 9.48 Å². The number of rotatable bonds is 8. The van der Waals surface area contributed by atoms with Crippen molar-refractivity contribution in [2.45, 2.75) is 13.1 Å². The highest BCUT2D eigenvalue weighted by molar-refractivity contribution is 5.91. The maximum atomic E-state index is 12.0. The maximum Gasteiger partial charge on any atom is 0.244 e. The number of nitriles is 1. The first-order valence-corrected chi connectivity index (χ1v) is 8.84. The zero-order valence-electron chi connectivity index (χ0n) is 15.3. The van der Waals surface area contributed by atoms with Gasteiger partial charge < -0.3 is 10.1 Å². The minimum atomic E-state index is -0.162. The molecule has 6 heteroatoms. The molecule has 6 nitrogen and oxygen atoms in total. The Hall–Kier alpha value is -3.85. The molecule has 0 aliphatic heterocycles. The molecule has 3 rings (SSSR count). The summed E-state index contributed by atoms with van der Waals surface area (Å²) in [4.78, 5) is 12.0. The van der Waals surface area contributed by atoms with Crippen molar-refractivity contribution in [3.8, 4) is 11.8 Å². The number of hydrogen-bond acceptors (Lipinski definition) is 4. The number of amides is 1. The molecule has 0 fully saturated rings. The summed E-state index contributed by atoms with van der Waals surface area (Å²) in [6.45, 7) is 1.21. The summed E-state index contributed by atoms with van der Waals surface area (Å²) in [5, 5.41) is 15.6. The summed E-state index contributed by atoms with van der Waals surface area (Å²) >= 11 is 0. The van der Waals surface area contributed by atoms with E-state index in [1.54, 1.807) is 24.4 Å². The minimum absolute atomic E-state index is 0.0157. The lowest BCUT2D eigenvalue weighted by molar-refractivity contribution is -0.116. The molecule has 0 atom stereocenters. The predicted molar refractivity (Wildman–Crippen MR) is 106 cm³/mol. The van der Waals surface area contributed by atoms with Gasteiger partial charge in [-0.1, -0.05) is 36.4 Å². The molecule has 0 saturated carbocycles. The number of aromatic nitrogens is 2. The van der Waals surface area contributed by atoms with Gasteiger partial charge in [-0.15, -0.1) is 0 Å². The maximum absolute atomic E-state index is 12.0. The van der Waals surface area contributed by atoms with Crippen LogP contribution in [0.2, 0.25) is 0 Å². The van der Waals surface area contributed by atoms with Crippen LogP contribution in [0.5, 0.6) is 5.75 Å². The molecule has 0 saturated heterocycles. The molecule has 0 spiro atoms. The van der Waals surface area contributed by atoms with Gasteiger partial charge in [-0.05, 0) is 41.0 Å². The molecular weight excluding hydrogens is 352 g/mol. The quantitative estimate of drug-likeness (QED) is 0.616. The van der Waals surface area contributed by atoms with Crippen LogP contribution in [-0.4, -0.2) is 22.3 Å². The van der Waals surface area contributed by atoms with E-state index in [2.05, 4.69) is 10.4 Å². The minimum Gasteiger partial charge on any atom is -0.479 e. The average molecular weight is 372 g/mol. The van der Waals surface area contributed by atoms with E-state index < -0.39 is 0 Å². The zero-order chi connectivity index (χ0) is 19.6. The molecule has 140 valence electrons. The van der Waals surface area contributed by atoms with Gasteiger partial charge in [0.05, 0.1) is 6.54 Å². The molecule has 1 amide bonds. The summed E-state index contributed by atoms with van der Waals surface area (Å²) in [7, 11) is 0. The van der Waals surface area contributed by atoms with Crippen molar-refractivity contribution >= 4 is 12.0 Å². The summed E-state index contributed by atoms with van der Waals surface area (Å²) in [5.74, 6) is 0.463. The van der Waals surface area contributed by atoms with Crippen LogP contribution in [0, 0.1) is 11.3 Å². The average Bonchev–Trinajstić information content (AvgIpc) is 3.24. The van der Waals surface area contributed by atoms with Gasteiger partial charge in [0.2, 0.25) is 5.91 Å². The molecule has 28 heavy (non-hydrogen) atoms. The third-order valence-corrected chi connectivity index (χ3v) is 4.00. The van der Waals surface area contributed by atoms with Crippen LogP contribution >= 0.6 is 0 Å². The van der Waals surface area contributed by atoms with E-state index >= 15 is 0 Å². The Morgan fingerprint density at radius 2 is 1.89 bits per heavy atom. The topological polar surface area (TPSA) is 79.9 Å². The molecule has 3 aromatic rings. The van der Waals surface area contributed by atoms with Gasteiger partial charge in [0.1, 0.15) is 11.8 Å². The Labute approximate surface area is 163 Å². The van der Waals surface area contributed by atoms with Gasteiger partial charge in [-0.25, -0.2) is 0 Å². The van der Waals surface area contributed by atoms with E-state index in [0.29, 0.717) is 12.3 Å². The Morgan fingerprint density at radius 3 is 2.57 bits per heavy atom. The van der Waals surface area contributed by atoms with Crippen LogP contribution in [0.25, 0.3) is 6.08 Å². The van der Waals surface area contributed by atoms with E-state index in [4.69, 9.17) is 10.00 Å². The zero-order valence-corrected chi connectivity index (χ0v) is 15.3. The van der Waals surface area contributed by atoms with Crippen LogP contribution in [0.3, 0.4) is 0 Å². The number of nitrogens with one attached hydrogen (secondary N) is 1. The second-order valence-electron chi connectivity index (χ2n) is 6.09. The molecule has 0 aliphatic carbocycles. The SMILES string of the molecule is N#CCOc1ccc(/C=C/C(=O)NCc2ccc(Cn3cccn3)cc2)cc1. The Kier molecular flexibility index (Phi) is 6.58. The number of carbonyl (C=O) groups excluding carboxylic acids is 1. The smallest absolute Gasteiger partial charge is 0.244 e. The molecule has 2 aromatic carbocycles. The second kappa shape index (κ2) is 9.74. The van der Waals surface area contributed by atoms with Crippen molar-refractivity contribution in [1.82, 2.24) is 15.1 Å². The lowest BCUT2D eigenvalue weighted by atomic mass is 10.1. The van der Waals surface area contributed by atoms with E-state index in [1.165, 1.54) is 6.08 Å². The van der Waals surface area contributed by atoms with Gasteiger partial charge in [0.25, 0.3) is 0 Å². The standard InChI is InChI=1S/C22H20N4O2/c23-12-15-28-21-9-6-18(7-10-21)8-11-22(27)24-16-19-2-4-20(5-3-19)17-26-14-1-13-25-26/h1-11,13-14H,15-17H2,(H,24,27)/b11-8+. The van der Waals surface area contributed by atoms with Crippen molar-refractivity contribution in [3.63, 3.8) is 0 Å². The van der Waals surface area contributed by atoms with E-state index in [0.717, 1.165) is 23.2 Å². The number of benzene rings is 2. The lowest BCUT2D eigenvalue weighted by Gasteiger charge is -2.06. The number of nitrogens with zero attached hydrogens (tertiary/aromatic N) is 3. The van der Waals surface area contributed by atoms with Crippen molar-refractivity contribution in [3.05, 3.63) is 89.8 Å². The Balaban J connectivity index is 1.46. The van der Waals surface area contributed by atoms with Crippen molar-refractivity contribution in [1.29, 1.82) is 5.26 Å². The predicted octanol–water partition coefficient (Wildman–Crippen LogP) is 3.16. The van der Waals surface area contributed by atoms with Crippen LogP contribution < -0.4 is 10.1 Å². The largest absolute Gasteiger partial charge is 0.479 e. The Bertz CT molecular complexity index is 953. The van der Waals surface area contributed by atoms with Crippen LogP contribution in [0.4, 0.5) is 0 Å². The molecule has 0 unspecified atom stereocenters. The molecule has 1 aromatic heterocycles. The van der Waals surface area contributed by atoms with E-state index in [-0.39, 0.29) is 12.5 Å². The molecule has 0 radical (unpaired) electrons. The molecule has 1 N–H and O–H groups in total. The first-order chi connectivity index (χ1) is 13.7. The second-order valence-corrected chi connectivity index (χ2v) is 6.09. The monoisotopic (exact) mass is 372 g/mol. The van der Waals surface area contributed by atoms with Gasteiger partial charge in [0.15, 0.2) is 6.61 Å². The normalized spacial score (nSPS) is 10.5. The molecular formula is C22H20N4O2. The van der Waals surface area contributed by atoms with Crippen LogP contribution in [-0.2, 0) is 17.9 Å². The summed E-state index contributed by atoms with van der Waals surface area (Å²) < 4.78 is 7.06. The number of ether oxygens (including phenoxy) is 1. The van der Waals surface area contributed by atoms with Crippen molar-refractivity contribution < 1.29 is 9.53 Å². The van der Waals surface area contributed by atoms with Crippen molar-refractivity contribution in [2.24, 2.45) is 0 Å². The van der Waals surface area contributed by atoms with E-state index in [1.807, 2.05) is 59.4 Å². The summed E-state index contributed by atoms with van der Waals surface area (Å²) in [6, 6.07) is 19.1. The summed E-state index contributed by atoms with van der Waals surface area (Å²) in [5.41, 5.74) is 3.06. The van der Waals surface area contributed by atoms with Crippen LogP contribution in [0.1, 0.15) is 16.7 Å². The van der Waals surface area contributed by atoms with Gasteiger partial charge in [-0.2, -0.15) is 10.4 Å². The Morgan fingerprint density at radius 1 is 1.14 bits per heavy atom. The molecule has 1 heterocycles. The number of carbonyl (C=O) groups is 1. The fourth-order valence-corrected chi connectivity index (χ4v) is 2.55. The highest BCUT2D eigenvalue weighted by Crippen LogP contribution is 2.13. The highest BCUT2D eigenvalue weighted by atomic mass is 16.5. The van der Waals surface area contributed by atoms with Gasteiger partial charge in [0, 0.05) is 25.0 Å². The number of hydrogen-bond donors (Lipinski definition) is 1.